The monoisotopic (exact) mass is 397 g/mol. The molecular formula is C18H15BrF3NO. The lowest BCUT2D eigenvalue weighted by molar-refractivity contribution is -0.137. The number of fused-ring (bicyclic) bond motifs is 1. The van der Waals surface area contributed by atoms with Crippen molar-refractivity contribution in [1.82, 2.24) is 0 Å². The second-order valence-corrected chi connectivity index (χ2v) is 6.46. The van der Waals surface area contributed by atoms with Crippen molar-refractivity contribution >= 4 is 27.5 Å². The normalized spacial score (nSPS) is 14.2. The first-order valence-corrected chi connectivity index (χ1v) is 8.70. The summed E-state index contributed by atoms with van der Waals surface area (Å²) >= 11 is 3.40. The fourth-order valence-electron chi connectivity index (χ4n) is 2.93. The van der Waals surface area contributed by atoms with Crippen molar-refractivity contribution in [2.45, 2.75) is 25.6 Å². The summed E-state index contributed by atoms with van der Waals surface area (Å²) in [4.78, 5) is 14.1. The minimum Gasteiger partial charge on any atom is -0.304 e. The van der Waals surface area contributed by atoms with E-state index < -0.39 is 11.7 Å². The minimum atomic E-state index is -4.38. The van der Waals surface area contributed by atoms with Crippen LogP contribution in [0.25, 0.3) is 0 Å². The summed E-state index contributed by atoms with van der Waals surface area (Å²) in [5, 5.41) is 0.882. The number of benzene rings is 2. The number of carbonyl (C=O) groups excluding carboxylic acids is 1. The van der Waals surface area contributed by atoms with E-state index in [1.807, 2.05) is 12.1 Å². The van der Waals surface area contributed by atoms with Gasteiger partial charge < -0.3 is 4.90 Å². The average Bonchev–Trinajstić information content (AvgIpc) is 2.90. The number of hydrogen-bond acceptors (Lipinski definition) is 1. The molecular weight excluding hydrogens is 383 g/mol. The minimum absolute atomic E-state index is 0.162. The first kappa shape index (κ1) is 17.0. The van der Waals surface area contributed by atoms with E-state index in [-0.39, 0.29) is 5.91 Å². The maximum Gasteiger partial charge on any atom is 0.416 e. The molecule has 0 bridgehead atoms. The van der Waals surface area contributed by atoms with E-state index in [2.05, 4.69) is 15.9 Å². The lowest BCUT2D eigenvalue weighted by Crippen LogP contribution is -2.23. The molecule has 1 heterocycles. The molecule has 0 radical (unpaired) electrons. The molecule has 126 valence electrons. The quantitative estimate of drug-likeness (QED) is 0.649. The summed E-state index contributed by atoms with van der Waals surface area (Å²) in [6, 6.07) is 10.4. The number of rotatable bonds is 4. The van der Waals surface area contributed by atoms with Gasteiger partial charge in [0.05, 0.1) is 12.1 Å². The van der Waals surface area contributed by atoms with Crippen LogP contribution in [0.4, 0.5) is 18.9 Å². The molecule has 0 spiro atoms. The van der Waals surface area contributed by atoms with Crippen molar-refractivity contribution in [3.63, 3.8) is 0 Å². The van der Waals surface area contributed by atoms with E-state index in [1.54, 1.807) is 6.07 Å². The SMILES string of the molecule is O=C1c2cccc(CCCBr)c2CN1c1ccc(C(F)(F)F)cc1. The lowest BCUT2D eigenvalue weighted by atomic mass is 10.00. The Labute approximate surface area is 146 Å². The van der Waals surface area contributed by atoms with E-state index in [0.717, 1.165) is 41.4 Å². The number of halogens is 4. The van der Waals surface area contributed by atoms with Crippen LogP contribution in [0.3, 0.4) is 0 Å². The highest BCUT2D eigenvalue weighted by atomic mass is 79.9. The first-order valence-electron chi connectivity index (χ1n) is 7.57. The highest BCUT2D eigenvalue weighted by Crippen LogP contribution is 2.34. The van der Waals surface area contributed by atoms with Gasteiger partial charge in [-0.3, -0.25) is 4.79 Å². The molecule has 6 heteroatoms. The van der Waals surface area contributed by atoms with Gasteiger partial charge in [0.25, 0.3) is 5.91 Å². The molecule has 0 aromatic heterocycles. The molecule has 0 saturated heterocycles. The smallest absolute Gasteiger partial charge is 0.304 e. The predicted octanol–water partition coefficient (Wildman–Crippen LogP) is 5.19. The van der Waals surface area contributed by atoms with Gasteiger partial charge in [-0.05, 0) is 54.3 Å². The molecule has 1 amide bonds. The molecule has 0 N–H and O–H groups in total. The molecule has 2 aromatic rings. The van der Waals surface area contributed by atoms with Crippen molar-refractivity contribution in [2.75, 3.05) is 10.2 Å². The Hall–Kier alpha value is -1.82. The zero-order valence-electron chi connectivity index (χ0n) is 12.7. The molecule has 1 aliphatic heterocycles. The van der Waals surface area contributed by atoms with E-state index in [1.165, 1.54) is 17.0 Å². The third-order valence-corrected chi connectivity index (χ3v) is 4.71. The van der Waals surface area contributed by atoms with Gasteiger partial charge in [-0.25, -0.2) is 0 Å². The summed E-state index contributed by atoms with van der Waals surface area (Å²) in [6.45, 7) is 0.401. The average molecular weight is 398 g/mol. The van der Waals surface area contributed by atoms with Gasteiger partial charge in [0, 0.05) is 16.6 Å². The number of hydrogen-bond donors (Lipinski definition) is 0. The number of carbonyl (C=O) groups is 1. The zero-order valence-corrected chi connectivity index (χ0v) is 14.3. The number of aryl methyl sites for hydroxylation is 1. The van der Waals surface area contributed by atoms with Crippen molar-refractivity contribution in [2.24, 2.45) is 0 Å². The van der Waals surface area contributed by atoms with E-state index >= 15 is 0 Å². The highest BCUT2D eigenvalue weighted by Gasteiger charge is 2.32. The Morgan fingerprint density at radius 3 is 2.42 bits per heavy atom. The second-order valence-electron chi connectivity index (χ2n) is 5.67. The van der Waals surface area contributed by atoms with Crippen molar-refractivity contribution < 1.29 is 18.0 Å². The summed E-state index contributed by atoms with van der Waals surface area (Å²) in [5.41, 5.74) is 2.50. The molecule has 0 aliphatic carbocycles. The van der Waals surface area contributed by atoms with E-state index in [0.29, 0.717) is 17.8 Å². The maximum atomic E-state index is 12.7. The molecule has 2 nitrogen and oxygen atoms in total. The Bertz CT molecular complexity index is 756. The zero-order chi connectivity index (χ0) is 17.3. The number of nitrogens with zero attached hydrogens (tertiary/aromatic N) is 1. The Kier molecular flexibility index (Phi) is 4.67. The molecule has 2 aromatic carbocycles. The van der Waals surface area contributed by atoms with E-state index in [4.69, 9.17) is 0 Å². The fourth-order valence-corrected chi connectivity index (χ4v) is 3.21. The van der Waals surface area contributed by atoms with Crippen LogP contribution < -0.4 is 4.90 Å². The molecule has 24 heavy (non-hydrogen) atoms. The van der Waals surface area contributed by atoms with Gasteiger partial charge in [-0.2, -0.15) is 13.2 Å². The third-order valence-electron chi connectivity index (χ3n) is 4.15. The second kappa shape index (κ2) is 6.59. The van der Waals surface area contributed by atoms with Crippen LogP contribution in [0.5, 0.6) is 0 Å². The van der Waals surface area contributed by atoms with Crippen LogP contribution in [-0.2, 0) is 19.1 Å². The third kappa shape index (κ3) is 3.20. The van der Waals surface area contributed by atoms with Crippen LogP contribution >= 0.6 is 15.9 Å². The fraction of sp³-hybridized carbons (Fsp3) is 0.278. The van der Waals surface area contributed by atoms with Crippen LogP contribution in [-0.4, -0.2) is 11.2 Å². The molecule has 0 atom stereocenters. The summed E-state index contributed by atoms with van der Waals surface area (Å²) in [5.74, 6) is -0.162. The van der Waals surface area contributed by atoms with Crippen molar-refractivity contribution in [1.29, 1.82) is 0 Å². The van der Waals surface area contributed by atoms with Gasteiger partial charge in [-0.1, -0.05) is 28.1 Å². The van der Waals surface area contributed by atoms with Gasteiger partial charge in [-0.15, -0.1) is 0 Å². The molecule has 0 saturated carbocycles. The molecule has 1 aliphatic rings. The number of anilines is 1. The van der Waals surface area contributed by atoms with Crippen molar-refractivity contribution in [3.05, 3.63) is 64.7 Å². The largest absolute Gasteiger partial charge is 0.416 e. The summed E-state index contributed by atoms with van der Waals surface area (Å²) in [7, 11) is 0. The predicted molar refractivity (Wildman–Crippen MR) is 90.5 cm³/mol. The molecule has 0 fully saturated rings. The van der Waals surface area contributed by atoms with Gasteiger partial charge >= 0.3 is 6.18 Å². The van der Waals surface area contributed by atoms with Crippen LogP contribution in [0.2, 0.25) is 0 Å². The first-order chi connectivity index (χ1) is 11.4. The standard InChI is InChI=1S/C18H15BrF3NO/c19-10-2-4-12-3-1-5-15-16(12)11-23(17(15)24)14-8-6-13(7-9-14)18(20,21)22/h1,3,5-9H,2,4,10-11H2. The number of amides is 1. The van der Waals surface area contributed by atoms with E-state index in [9.17, 15) is 18.0 Å². The van der Waals surface area contributed by atoms with Gasteiger partial charge in [0.15, 0.2) is 0 Å². The topological polar surface area (TPSA) is 20.3 Å². The Morgan fingerprint density at radius 1 is 1.08 bits per heavy atom. The summed E-state index contributed by atoms with van der Waals surface area (Å²) in [6.07, 6.45) is -2.55. The Morgan fingerprint density at radius 2 is 1.79 bits per heavy atom. The highest BCUT2D eigenvalue weighted by molar-refractivity contribution is 9.09. The Balaban J connectivity index is 1.88. The maximum absolute atomic E-state index is 12.7. The van der Waals surface area contributed by atoms with Crippen LogP contribution in [0.1, 0.15) is 33.5 Å². The summed E-state index contributed by atoms with van der Waals surface area (Å²) < 4.78 is 38.0. The molecule has 3 rings (SSSR count). The van der Waals surface area contributed by atoms with Gasteiger partial charge in [0.2, 0.25) is 0 Å². The number of alkyl halides is 4. The molecule has 0 unspecified atom stereocenters. The van der Waals surface area contributed by atoms with Gasteiger partial charge in [0.1, 0.15) is 0 Å². The lowest BCUT2D eigenvalue weighted by Gasteiger charge is -2.17. The van der Waals surface area contributed by atoms with Crippen molar-refractivity contribution in [3.8, 4) is 0 Å². The van der Waals surface area contributed by atoms with Crippen LogP contribution in [0.15, 0.2) is 42.5 Å². The van der Waals surface area contributed by atoms with Crippen LogP contribution in [0, 0.1) is 0 Å².